The van der Waals surface area contributed by atoms with Gasteiger partial charge in [-0.3, -0.25) is 9.59 Å². The van der Waals surface area contributed by atoms with E-state index in [1.54, 1.807) is 0 Å². The quantitative estimate of drug-likeness (QED) is 0.523. The van der Waals surface area contributed by atoms with Crippen LogP contribution in [0.1, 0.15) is 50.7 Å². The van der Waals surface area contributed by atoms with E-state index in [2.05, 4.69) is 10.3 Å². The van der Waals surface area contributed by atoms with Gasteiger partial charge >= 0.3 is 11.9 Å². The van der Waals surface area contributed by atoms with E-state index in [0.29, 0.717) is 5.75 Å². The molecule has 0 fully saturated rings. The molecule has 2 aromatic rings. The Morgan fingerprint density at radius 2 is 1.65 bits per heavy atom. The van der Waals surface area contributed by atoms with Crippen LogP contribution in [-0.4, -0.2) is 48.2 Å². The first-order valence-electron chi connectivity index (χ1n) is 11.0. The van der Waals surface area contributed by atoms with Crippen LogP contribution in [0.2, 0.25) is 0 Å². The van der Waals surface area contributed by atoms with E-state index in [1.165, 1.54) is 33.2 Å². The number of hydrogen-bond donors (Lipinski definition) is 1. The minimum absolute atomic E-state index is 0.0390. The van der Waals surface area contributed by atoms with Crippen LogP contribution in [0.5, 0.6) is 17.2 Å². The highest BCUT2D eigenvalue weighted by Gasteiger charge is 2.30. The molecule has 0 aliphatic carbocycles. The SMILES string of the molecule is COc1ccnc(C(=O)N[C@@H](C)C(=O)OC(C(C)C)[C@H](C)Oc2ccc(C)cc2)c1OC(C)=O. The van der Waals surface area contributed by atoms with Crippen LogP contribution in [0.4, 0.5) is 0 Å². The third kappa shape index (κ3) is 7.19. The number of nitrogens with one attached hydrogen (secondary N) is 1. The van der Waals surface area contributed by atoms with E-state index < -0.39 is 36.1 Å². The van der Waals surface area contributed by atoms with Gasteiger partial charge in [-0.05, 0) is 38.8 Å². The number of nitrogens with zero attached hydrogens (tertiary/aromatic N) is 1. The second kappa shape index (κ2) is 12.0. The van der Waals surface area contributed by atoms with Crippen molar-refractivity contribution in [3.8, 4) is 17.2 Å². The first-order chi connectivity index (χ1) is 16.0. The van der Waals surface area contributed by atoms with Gasteiger partial charge in [0.05, 0.1) is 7.11 Å². The maximum atomic E-state index is 12.8. The number of pyridine rings is 1. The van der Waals surface area contributed by atoms with Crippen molar-refractivity contribution in [2.24, 2.45) is 5.92 Å². The lowest BCUT2D eigenvalue weighted by Crippen LogP contribution is -2.45. The standard InChI is InChI=1S/C25H32N2O7/c1-14(2)22(17(5)32-19-10-8-15(3)9-11-19)34-25(30)16(4)27-24(29)21-23(33-18(6)28)20(31-7)12-13-26-21/h8-14,16-17,22H,1-7H3,(H,27,29)/t16-,17-,22?/m0/s1. The molecule has 0 radical (unpaired) electrons. The zero-order valence-electron chi connectivity index (χ0n) is 20.6. The molecule has 1 aromatic heterocycles. The van der Waals surface area contributed by atoms with Crippen molar-refractivity contribution in [3.63, 3.8) is 0 Å². The Morgan fingerprint density at radius 1 is 1.00 bits per heavy atom. The van der Waals surface area contributed by atoms with Gasteiger partial charge in [-0.15, -0.1) is 0 Å². The number of hydrogen-bond acceptors (Lipinski definition) is 8. The molecular formula is C25H32N2O7. The molecule has 1 heterocycles. The predicted molar refractivity (Wildman–Crippen MR) is 125 cm³/mol. The summed E-state index contributed by atoms with van der Waals surface area (Å²) in [5, 5.41) is 2.54. The number of ether oxygens (including phenoxy) is 4. The number of esters is 2. The van der Waals surface area contributed by atoms with Crippen LogP contribution < -0.4 is 19.5 Å². The molecule has 0 saturated carbocycles. The molecule has 0 aliphatic rings. The first-order valence-corrected chi connectivity index (χ1v) is 11.0. The van der Waals surface area contributed by atoms with Gasteiger partial charge in [0.25, 0.3) is 5.91 Å². The minimum atomic E-state index is -1.00. The van der Waals surface area contributed by atoms with Crippen molar-refractivity contribution in [1.82, 2.24) is 10.3 Å². The van der Waals surface area contributed by atoms with Gasteiger partial charge in [-0.25, -0.2) is 9.78 Å². The van der Waals surface area contributed by atoms with Crippen LogP contribution in [0.3, 0.4) is 0 Å². The van der Waals surface area contributed by atoms with Crippen molar-refractivity contribution < 1.29 is 33.3 Å². The van der Waals surface area contributed by atoms with Crippen molar-refractivity contribution in [2.75, 3.05) is 7.11 Å². The summed E-state index contributed by atoms with van der Waals surface area (Å²) in [7, 11) is 1.37. The average molecular weight is 473 g/mol. The number of methoxy groups -OCH3 is 1. The molecule has 0 bridgehead atoms. The zero-order chi connectivity index (χ0) is 25.4. The van der Waals surface area contributed by atoms with Gasteiger partial charge in [-0.2, -0.15) is 0 Å². The summed E-state index contributed by atoms with van der Waals surface area (Å²) in [6, 6.07) is 8.04. The monoisotopic (exact) mass is 472 g/mol. The fraction of sp³-hybridized carbons (Fsp3) is 0.440. The summed E-state index contributed by atoms with van der Waals surface area (Å²) < 4.78 is 21.9. The van der Waals surface area contributed by atoms with E-state index in [-0.39, 0.29) is 23.1 Å². The Kier molecular flexibility index (Phi) is 9.41. The molecule has 1 amide bonds. The highest BCUT2D eigenvalue weighted by Crippen LogP contribution is 2.29. The zero-order valence-corrected chi connectivity index (χ0v) is 20.6. The van der Waals surface area contributed by atoms with E-state index >= 15 is 0 Å². The van der Waals surface area contributed by atoms with Crippen LogP contribution >= 0.6 is 0 Å². The first kappa shape index (κ1) is 26.6. The van der Waals surface area contributed by atoms with Gasteiger partial charge in [0, 0.05) is 19.2 Å². The third-order valence-electron chi connectivity index (χ3n) is 4.97. The number of amides is 1. The molecule has 0 saturated heterocycles. The van der Waals surface area contributed by atoms with Crippen molar-refractivity contribution >= 4 is 17.8 Å². The van der Waals surface area contributed by atoms with Crippen LogP contribution in [0.15, 0.2) is 36.5 Å². The van der Waals surface area contributed by atoms with Crippen molar-refractivity contribution in [2.45, 2.75) is 59.8 Å². The molecule has 3 atom stereocenters. The summed E-state index contributed by atoms with van der Waals surface area (Å²) in [5.41, 5.74) is 0.921. The predicted octanol–water partition coefficient (Wildman–Crippen LogP) is 3.48. The fourth-order valence-electron chi connectivity index (χ4n) is 3.23. The Labute approximate surface area is 199 Å². The van der Waals surface area contributed by atoms with Gasteiger partial charge in [0.1, 0.15) is 24.0 Å². The number of benzene rings is 1. The lowest BCUT2D eigenvalue weighted by molar-refractivity contribution is -0.158. The molecule has 184 valence electrons. The fourth-order valence-corrected chi connectivity index (χ4v) is 3.23. The number of aryl methyl sites for hydroxylation is 1. The third-order valence-corrected chi connectivity index (χ3v) is 4.97. The molecular weight excluding hydrogens is 440 g/mol. The second-order valence-corrected chi connectivity index (χ2v) is 8.26. The lowest BCUT2D eigenvalue weighted by atomic mass is 10.0. The summed E-state index contributed by atoms with van der Waals surface area (Å²) in [4.78, 5) is 41.0. The molecule has 1 unspecified atom stereocenters. The van der Waals surface area contributed by atoms with E-state index in [4.69, 9.17) is 18.9 Å². The molecule has 1 N–H and O–H groups in total. The van der Waals surface area contributed by atoms with E-state index in [1.807, 2.05) is 52.0 Å². The molecule has 0 aliphatic heterocycles. The minimum Gasteiger partial charge on any atom is -0.493 e. The molecule has 9 nitrogen and oxygen atoms in total. The topological polar surface area (TPSA) is 113 Å². The molecule has 1 aromatic carbocycles. The van der Waals surface area contributed by atoms with E-state index in [9.17, 15) is 14.4 Å². The maximum absolute atomic E-state index is 12.8. The van der Waals surface area contributed by atoms with Gasteiger partial charge < -0.3 is 24.3 Å². The normalized spacial score (nSPS) is 13.4. The molecule has 9 heteroatoms. The highest BCUT2D eigenvalue weighted by atomic mass is 16.6. The Bertz CT molecular complexity index is 1000. The Balaban J connectivity index is 2.09. The summed E-state index contributed by atoms with van der Waals surface area (Å²) in [6.45, 7) is 10.3. The lowest BCUT2D eigenvalue weighted by Gasteiger charge is -2.29. The molecule has 2 rings (SSSR count). The highest BCUT2D eigenvalue weighted by molar-refractivity contribution is 5.98. The molecule has 0 spiro atoms. The van der Waals surface area contributed by atoms with E-state index in [0.717, 1.165) is 5.56 Å². The Hall–Kier alpha value is -3.62. The van der Waals surface area contributed by atoms with Gasteiger partial charge in [0.15, 0.2) is 11.4 Å². The van der Waals surface area contributed by atoms with Crippen LogP contribution in [0, 0.1) is 12.8 Å². The maximum Gasteiger partial charge on any atom is 0.328 e. The van der Waals surface area contributed by atoms with Crippen molar-refractivity contribution in [3.05, 3.63) is 47.8 Å². The Morgan fingerprint density at radius 3 is 2.21 bits per heavy atom. The largest absolute Gasteiger partial charge is 0.493 e. The summed E-state index contributed by atoms with van der Waals surface area (Å²) in [5.74, 6) is -1.34. The summed E-state index contributed by atoms with van der Waals surface area (Å²) in [6.07, 6.45) is 0.354. The smallest absolute Gasteiger partial charge is 0.328 e. The number of carbonyl (C=O) groups is 3. The molecule has 34 heavy (non-hydrogen) atoms. The number of aromatic nitrogens is 1. The number of carbonyl (C=O) groups excluding carboxylic acids is 3. The second-order valence-electron chi connectivity index (χ2n) is 8.26. The van der Waals surface area contributed by atoms with Crippen LogP contribution in [-0.2, 0) is 14.3 Å². The summed E-state index contributed by atoms with van der Waals surface area (Å²) >= 11 is 0. The number of rotatable bonds is 10. The van der Waals surface area contributed by atoms with Crippen LogP contribution in [0.25, 0.3) is 0 Å². The van der Waals surface area contributed by atoms with Gasteiger partial charge in [0.2, 0.25) is 5.75 Å². The van der Waals surface area contributed by atoms with Crippen molar-refractivity contribution in [1.29, 1.82) is 0 Å². The average Bonchev–Trinajstić information content (AvgIpc) is 2.78. The van der Waals surface area contributed by atoms with Gasteiger partial charge in [-0.1, -0.05) is 31.5 Å².